The van der Waals surface area contributed by atoms with E-state index >= 15 is 0 Å². The number of rotatable bonds is 3. The summed E-state index contributed by atoms with van der Waals surface area (Å²) in [7, 11) is -4.40. The molecule has 2 rings (SSSR count). The Morgan fingerprint density at radius 2 is 1.82 bits per heavy atom. The second kappa shape index (κ2) is 5.33. The van der Waals surface area contributed by atoms with Crippen LogP contribution in [0.4, 0.5) is 0 Å². The van der Waals surface area contributed by atoms with Crippen molar-refractivity contribution in [1.29, 1.82) is 0 Å². The van der Waals surface area contributed by atoms with Crippen molar-refractivity contribution in [2.45, 2.75) is 5.00 Å². The molecule has 0 fully saturated rings. The van der Waals surface area contributed by atoms with Gasteiger partial charge < -0.3 is 0 Å². The van der Waals surface area contributed by atoms with Crippen molar-refractivity contribution >= 4 is 20.5 Å². The fraction of sp³-hybridized carbons (Fsp3) is 0.0909. The zero-order chi connectivity index (χ0) is 12.3. The van der Waals surface area contributed by atoms with E-state index in [2.05, 4.69) is 4.29 Å². The molecule has 0 saturated heterocycles. The number of halogens is 1. The Bertz CT molecular complexity index is 439. The van der Waals surface area contributed by atoms with E-state index in [0.29, 0.717) is 0 Å². The van der Waals surface area contributed by atoms with E-state index in [1.165, 1.54) is 0 Å². The van der Waals surface area contributed by atoms with Crippen LogP contribution in [0.15, 0.2) is 47.5 Å². The maximum absolute atomic E-state index is 10.6. The predicted octanol–water partition coefficient (Wildman–Crippen LogP) is -1.46. The molecule has 0 aromatic heterocycles. The molecule has 0 saturated carbocycles. The van der Waals surface area contributed by atoms with E-state index < -0.39 is 15.2 Å². The van der Waals surface area contributed by atoms with Gasteiger partial charge in [0.15, 0.2) is 0 Å². The summed E-state index contributed by atoms with van der Waals surface area (Å²) in [5, 5.41) is -0.681. The van der Waals surface area contributed by atoms with Crippen LogP contribution < -0.4 is 14.0 Å². The number of benzene rings is 1. The first kappa shape index (κ1) is 12.8. The van der Waals surface area contributed by atoms with E-state index in [4.69, 9.17) is 0 Å². The molecular formula is C11H9ClO4Se. The quantitative estimate of drug-likeness (QED) is 0.638. The van der Waals surface area contributed by atoms with Crippen LogP contribution in [0, 0.1) is 10.2 Å². The molecule has 0 bridgehead atoms. The standard InChI is InChI=1S/C11H9ClO4Se/c13-12(14,15)16-11-10(7-4-8-17-11)9-5-2-1-3-6-9/h1-8,11H. The summed E-state index contributed by atoms with van der Waals surface area (Å²) in [5.41, 5.74) is 1.59. The molecule has 6 heteroatoms. The van der Waals surface area contributed by atoms with Crippen LogP contribution in [0.3, 0.4) is 0 Å². The molecule has 0 aliphatic carbocycles. The molecule has 1 aromatic rings. The van der Waals surface area contributed by atoms with Crippen LogP contribution in [0.1, 0.15) is 5.56 Å². The average Bonchev–Trinajstić information content (AvgIpc) is 2.29. The summed E-state index contributed by atoms with van der Waals surface area (Å²) in [6, 6.07) is 9.27. The summed E-state index contributed by atoms with van der Waals surface area (Å²) in [6.45, 7) is 0. The summed E-state index contributed by atoms with van der Waals surface area (Å²) < 4.78 is 36.4. The van der Waals surface area contributed by atoms with Gasteiger partial charge in [0.05, 0.1) is 0 Å². The van der Waals surface area contributed by atoms with Crippen molar-refractivity contribution in [3.05, 3.63) is 53.0 Å². The van der Waals surface area contributed by atoms with Crippen molar-refractivity contribution in [3.8, 4) is 0 Å². The minimum absolute atomic E-state index is 0.204. The van der Waals surface area contributed by atoms with Crippen LogP contribution in [0.25, 0.3) is 5.57 Å². The predicted molar refractivity (Wildman–Crippen MR) is 54.2 cm³/mol. The molecule has 1 heterocycles. The molecule has 0 N–H and O–H groups in total. The van der Waals surface area contributed by atoms with Gasteiger partial charge in [-0.05, 0) is 0 Å². The molecule has 1 atom stereocenters. The Kier molecular flexibility index (Phi) is 4.01. The van der Waals surface area contributed by atoms with E-state index in [1.54, 1.807) is 6.08 Å². The molecule has 1 aliphatic heterocycles. The van der Waals surface area contributed by atoms with Crippen LogP contribution in [0.5, 0.6) is 0 Å². The third-order valence-electron chi connectivity index (χ3n) is 2.11. The first-order chi connectivity index (χ1) is 8.06. The summed E-state index contributed by atoms with van der Waals surface area (Å²) in [5.74, 6) is 0. The monoisotopic (exact) mass is 320 g/mol. The van der Waals surface area contributed by atoms with Crippen LogP contribution in [-0.2, 0) is 4.29 Å². The van der Waals surface area contributed by atoms with E-state index in [9.17, 15) is 14.0 Å². The Balaban J connectivity index is 2.24. The van der Waals surface area contributed by atoms with Gasteiger partial charge in [0.2, 0.25) is 0 Å². The van der Waals surface area contributed by atoms with Crippen molar-refractivity contribution in [3.63, 3.8) is 0 Å². The molecule has 0 amide bonds. The van der Waals surface area contributed by atoms with E-state index in [1.807, 2.05) is 41.4 Å². The third kappa shape index (κ3) is 3.66. The fourth-order valence-corrected chi connectivity index (χ4v) is 4.02. The first-order valence-electron chi connectivity index (χ1n) is 4.73. The van der Waals surface area contributed by atoms with Gasteiger partial charge in [-0.25, -0.2) is 0 Å². The number of allylic oxidation sites excluding steroid dienone is 2. The zero-order valence-electron chi connectivity index (χ0n) is 8.62. The van der Waals surface area contributed by atoms with Gasteiger partial charge in [-0.2, -0.15) is 0 Å². The summed E-state index contributed by atoms with van der Waals surface area (Å²) >= 11 is -0.204. The maximum atomic E-state index is 10.6. The molecule has 4 nitrogen and oxygen atoms in total. The van der Waals surface area contributed by atoms with Crippen LogP contribution >= 0.6 is 0 Å². The molecule has 1 unspecified atom stereocenters. The summed E-state index contributed by atoms with van der Waals surface area (Å²) in [6.07, 6.45) is 3.61. The fourth-order valence-electron chi connectivity index (χ4n) is 1.44. The minimum atomic E-state index is -4.40. The first-order valence-corrected chi connectivity index (χ1v) is 7.94. The molecule has 1 aliphatic rings. The topological polar surface area (TPSA) is 78.4 Å². The molecule has 90 valence electrons. The number of hydrogen-bond acceptors (Lipinski definition) is 4. The molecule has 17 heavy (non-hydrogen) atoms. The third-order valence-corrected chi connectivity index (χ3v) is 4.66. The Labute approximate surface area is 107 Å². The van der Waals surface area contributed by atoms with Gasteiger partial charge in [0.25, 0.3) is 0 Å². The van der Waals surface area contributed by atoms with Gasteiger partial charge >= 0.3 is 107 Å². The van der Waals surface area contributed by atoms with Gasteiger partial charge in [-0.3, -0.25) is 0 Å². The average molecular weight is 320 g/mol. The summed E-state index contributed by atoms with van der Waals surface area (Å²) in [4.78, 5) is 1.82. The second-order valence-electron chi connectivity index (χ2n) is 3.25. The van der Waals surface area contributed by atoms with Gasteiger partial charge in [-0.1, -0.05) is 0 Å². The van der Waals surface area contributed by atoms with Crippen molar-refractivity contribution in [1.82, 2.24) is 0 Å². The van der Waals surface area contributed by atoms with E-state index in [0.717, 1.165) is 11.1 Å². The molecule has 1 aromatic carbocycles. The van der Waals surface area contributed by atoms with Crippen molar-refractivity contribution < 1.29 is 28.5 Å². The van der Waals surface area contributed by atoms with E-state index in [-0.39, 0.29) is 15.0 Å². The SMILES string of the molecule is [O-][Cl+3]([O-])([O-])OC1[Se]C=CC=C1c1ccccc1. The van der Waals surface area contributed by atoms with Gasteiger partial charge in [0.1, 0.15) is 0 Å². The molecule has 0 radical (unpaired) electrons. The molecule has 0 spiro atoms. The van der Waals surface area contributed by atoms with Gasteiger partial charge in [0, 0.05) is 0 Å². The number of hydrogen-bond donors (Lipinski definition) is 0. The van der Waals surface area contributed by atoms with Gasteiger partial charge in [-0.15, -0.1) is 0 Å². The van der Waals surface area contributed by atoms with Crippen molar-refractivity contribution in [2.24, 2.45) is 0 Å². The Morgan fingerprint density at radius 1 is 1.12 bits per heavy atom. The molecular weight excluding hydrogens is 311 g/mol. The zero-order valence-corrected chi connectivity index (χ0v) is 11.1. The van der Waals surface area contributed by atoms with Crippen LogP contribution in [0.2, 0.25) is 0 Å². The Morgan fingerprint density at radius 3 is 2.47 bits per heavy atom. The van der Waals surface area contributed by atoms with Crippen LogP contribution in [-0.4, -0.2) is 20.0 Å². The Hall–Kier alpha value is -0.651. The normalized spacial score (nSPS) is 20.2. The van der Waals surface area contributed by atoms with Crippen molar-refractivity contribution in [2.75, 3.05) is 0 Å². The second-order valence-corrected chi connectivity index (χ2v) is 6.23.